The lowest BCUT2D eigenvalue weighted by molar-refractivity contribution is -0.126. The molecule has 2 amide bonds. The second-order valence-electron chi connectivity index (χ2n) is 3.88. The van der Waals surface area contributed by atoms with Gasteiger partial charge in [-0.05, 0) is 6.92 Å². The number of nitrogens with two attached hydrogens (primary N) is 1. The van der Waals surface area contributed by atoms with E-state index in [1.165, 1.54) is 0 Å². The number of thiazole rings is 1. The van der Waals surface area contributed by atoms with E-state index >= 15 is 0 Å². The number of aryl methyl sites for hydroxylation is 1. The summed E-state index contributed by atoms with van der Waals surface area (Å²) in [7, 11) is 0. The summed E-state index contributed by atoms with van der Waals surface area (Å²) in [6, 6.07) is 0. The molecule has 19 heavy (non-hydrogen) atoms. The van der Waals surface area contributed by atoms with Gasteiger partial charge >= 0.3 is 0 Å². The van der Waals surface area contributed by atoms with Crippen LogP contribution in [-0.2, 0) is 15.3 Å². The highest BCUT2D eigenvalue weighted by Gasteiger charge is 2.11. The Morgan fingerprint density at radius 1 is 1.63 bits per heavy atom. The van der Waals surface area contributed by atoms with Gasteiger partial charge in [0, 0.05) is 23.3 Å². The first-order valence-corrected chi connectivity index (χ1v) is 7.75. The lowest BCUT2D eigenvalue weighted by Gasteiger charge is -2.08. The Morgan fingerprint density at radius 3 is 2.95 bits per heavy atom. The van der Waals surface area contributed by atoms with Crippen LogP contribution in [0.3, 0.4) is 0 Å². The summed E-state index contributed by atoms with van der Waals surface area (Å²) in [6.07, 6.45) is -0.992. The van der Waals surface area contributed by atoms with Gasteiger partial charge in [-0.25, -0.2) is 4.98 Å². The Kier molecular flexibility index (Phi) is 6.82. The molecule has 0 spiro atoms. The molecule has 0 radical (unpaired) electrons. The van der Waals surface area contributed by atoms with Gasteiger partial charge in [0.1, 0.15) is 6.10 Å². The van der Waals surface area contributed by atoms with Gasteiger partial charge in [0.05, 0.1) is 17.2 Å². The molecule has 0 aliphatic rings. The average Bonchev–Trinajstić information content (AvgIpc) is 2.77. The number of hydrogen-bond donors (Lipinski definition) is 3. The molecule has 8 heteroatoms. The van der Waals surface area contributed by atoms with Gasteiger partial charge < -0.3 is 16.2 Å². The molecule has 0 aliphatic heterocycles. The topological polar surface area (TPSA) is 105 Å². The lowest BCUT2D eigenvalue weighted by Crippen LogP contribution is -2.40. The summed E-state index contributed by atoms with van der Waals surface area (Å²) in [5.41, 5.74) is 5.88. The maximum atomic E-state index is 11.4. The van der Waals surface area contributed by atoms with Crippen LogP contribution >= 0.6 is 23.1 Å². The van der Waals surface area contributed by atoms with Gasteiger partial charge in [-0.2, -0.15) is 11.8 Å². The van der Waals surface area contributed by atoms with Gasteiger partial charge in [-0.15, -0.1) is 11.3 Å². The van der Waals surface area contributed by atoms with Crippen LogP contribution in [0.15, 0.2) is 5.38 Å². The first-order chi connectivity index (χ1) is 8.99. The van der Waals surface area contributed by atoms with Gasteiger partial charge in [0.15, 0.2) is 0 Å². The quantitative estimate of drug-likeness (QED) is 0.588. The van der Waals surface area contributed by atoms with Crippen molar-refractivity contribution in [3.05, 3.63) is 16.1 Å². The number of carbonyl (C=O) groups excluding carboxylic acids is 2. The summed E-state index contributed by atoms with van der Waals surface area (Å²) >= 11 is 3.23. The molecule has 6 nitrogen and oxygen atoms in total. The standard InChI is InChI=1S/C11H17N3O3S2/c1-7-14-8(6-19-7)5-18-3-2-10(16)13-4-9(15)11(12)17/h6,9,15H,2-5H2,1H3,(H2,12,17)(H,13,16). The maximum Gasteiger partial charge on any atom is 0.248 e. The van der Waals surface area contributed by atoms with Crippen molar-refractivity contribution in [2.75, 3.05) is 12.3 Å². The van der Waals surface area contributed by atoms with Crippen LogP contribution in [0, 0.1) is 6.92 Å². The smallest absolute Gasteiger partial charge is 0.248 e. The molecule has 0 saturated heterocycles. The molecule has 1 heterocycles. The highest BCUT2D eigenvalue weighted by molar-refractivity contribution is 7.98. The van der Waals surface area contributed by atoms with Crippen LogP contribution in [0.1, 0.15) is 17.1 Å². The molecule has 0 saturated carbocycles. The predicted molar refractivity (Wildman–Crippen MR) is 75.8 cm³/mol. The van der Waals surface area contributed by atoms with E-state index in [1.54, 1.807) is 23.1 Å². The van der Waals surface area contributed by atoms with Crippen molar-refractivity contribution in [3.8, 4) is 0 Å². The third kappa shape index (κ3) is 6.55. The number of thioether (sulfide) groups is 1. The SMILES string of the molecule is Cc1nc(CSCCC(=O)NCC(O)C(N)=O)cs1. The van der Waals surface area contributed by atoms with Crippen molar-refractivity contribution >= 4 is 34.9 Å². The van der Waals surface area contributed by atoms with Crippen LogP contribution in [0.4, 0.5) is 0 Å². The highest BCUT2D eigenvalue weighted by atomic mass is 32.2. The van der Waals surface area contributed by atoms with Crippen molar-refractivity contribution in [3.63, 3.8) is 0 Å². The number of hydrogen-bond acceptors (Lipinski definition) is 6. The molecular formula is C11H17N3O3S2. The monoisotopic (exact) mass is 303 g/mol. The highest BCUT2D eigenvalue weighted by Crippen LogP contribution is 2.15. The normalized spacial score (nSPS) is 12.1. The first kappa shape index (κ1) is 15.9. The molecule has 1 atom stereocenters. The van der Waals surface area contributed by atoms with Crippen LogP contribution in [-0.4, -0.2) is 40.3 Å². The maximum absolute atomic E-state index is 11.4. The third-order valence-electron chi connectivity index (χ3n) is 2.21. The van der Waals surface area contributed by atoms with Crippen molar-refractivity contribution < 1.29 is 14.7 Å². The number of primary amides is 1. The minimum atomic E-state index is -1.32. The predicted octanol–water partition coefficient (Wildman–Crippen LogP) is 0.0372. The molecule has 0 fully saturated rings. The van der Waals surface area contributed by atoms with E-state index in [4.69, 9.17) is 10.8 Å². The zero-order valence-corrected chi connectivity index (χ0v) is 12.2. The average molecular weight is 303 g/mol. The third-order valence-corrected chi connectivity index (χ3v) is 4.03. The van der Waals surface area contributed by atoms with E-state index in [-0.39, 0.29) is 12.5 Å². The number of nitrogens with one attached hydrogen (secondary N) is 1. The minimum Gasteiger partial charge on any atom is -0.381 e. The number of nitrogens with zero attached hydrogens (tertiary/aromatic N) is 1. The Morgan fingerprint density at radius 2 is 2.37 bits per heavy atom. The van der Waals surface area contributed by atoms with Crippen LogP contribution in [0.2, 0.25) is 0 Å². The van der Waals surface area contributed by atoms with E-state index in [0.717, 1.165) is 16.5 Å². The number of aromatic nitrogens is 1. The Hall–Kier alpha value is -1.12. The van der Waals surface area contributed by atoms with Crippen molar-refractivity contribution in [2.45, 2.75) is 25.2 Å². The summed E-state index contributed by atoms with van der Waals surface area (Å²) in [4.78, 5) is 26.2. The Bertz CT molecular complexity index is 437. The summed E-state index contributed by atoms with van der Waals surface area (Å²) < 4.78 is 0. The van der Waals surface area contributed by atoms with Crippen LogP contribution in [0.25, 0.3) is 0 Å². The molecule has 0 bridgehead atoms. The number of rotatable bonds is 8. The summed E-state index contributed by atoms with van der Waals surface area (Å²) in [6.45, 7) is 1.82. The van der Waals surface area contributed by atoms with E-state index in [9.17, 15) is 9.59 Å². The number of carbonyl (C=O) groups is 2. The van der Waals surface area contributed by atoms with E-state index in [1.807, 2.05) is 12.3 Å². The number of aliphatic hydroxyl groups is 1. The molecular weight excluding hydrogens is 286 g/mol. The largest absolute Gasteiger partial charge is 0.381 e. The molecule has 1 rings (SSSR count). The minimum absolute atomic E-state index is 0.135. The van der Waals surface area contributed by atoms with Crippen molar-refractivity contribution in [2.24, 2.45) is 5.73 Å². The van der Waals surface area contributed by atoms with Crippen molar-refractivity contribution in [1.29, 1.82) is 0 Å². The van der Waals surface area contributed by atoms with Crippen LogP contribution < -0.4 is 11.1 Å². The molecule has 0 aromatic carbocycles. The Labute approximate surface area is 119 Å². The van der Waals surface area contributed by atoms with Gasteiger partial charge in [-0.3, -0.25) is 9.59 Å². The molecule has 0 aliphatic carbocycles. The van der Waals surface area contributed by atoms with Crippen LogP contribution in [0.5, 0.6) is 0 Å². The zero-order valence-electron chi connectivity index (χ0n) is 10.6. The van der Waals surface area contributed by atoms with Gasteiger partial charge in [0.2, 0.25) is 11.8 Å². The number of amides is 2. The molecule has 4 N–H and O–H groups in total. The second-order valence-corrected chi connectivity index (χ2v) is 6.05. The Balaban J connectivity index is 2.09. The summed E-state index contributed by atoms with van der Waals surface area (Å²) in [5, 5.41) is 14.6. The van der Waals surface area contributed by atoms with Gasteiger partial charge in [-0.1, -0.05) is 0 Å². The fraction of sp³-hybridized carbons (Fsp3) is 0.545. The zero-order chi connectivity index (χ0) is 14.3. The molecule has 1 aromatic heterocycles. The fourth-order valence-electron chi connectivity index (χ4n) is 1.22. The van der Waals surface area contributed by atoms with E-state index in [0.29, 0.717) is 12.2 Å². The van der Waals surface area contributed by atoms with Gasteiger partial charge in [0.25, 0.3) is 0 Å². The van der Waals surface area contributed by atoms with Crippen molar-refractivity contribution in [1.82, 2.24) is 10.3 Å². The summed E-state index contributed by atoms with van der Waals surface area (Å²) in [5.74, 6) is 0.396. The number of aliphatic hydroxyl groups excluding tert-OH is 1. The van der Waals surface area contributed by atoms with E-state index in [2.05, 4.69) is 10.3 Å². The van der Waals surface area contributed by atoms with E-state index < -0.39 is 12.0 Å². The molecule has 1 unspecified atom stereocenters. The first-order valence-electron chi connectivity index (χ1n) is 5.72. The lowest BCUT2D eigenvalue weighted by atomic mass is 10.3. The molecule has 106 valence electrons. The second kappa shape index (κ2) is 8.13. The fourth-order valence-corrected chi connectivity index (χ4v) is 2.76. The molecule has 1 aromatic rings.